The van der Waals surface area contributed by atoms with Crippen molar-refractivity contribution in [2.75, 3.05) is 7.05 Å². The molecular formula is C22H36F2N2O3Si. The second-order valence-corrected chi connectivity index (χ2v) is 14.5. The number of halogens is 2. The molecule has 1 aliphatic rings. The van der Waals surface area contributed by atoms with Gasteiger partial charge in [-0.2, -0.15) is 0 Å². The van der Waals surface area contributed by atoms with E-state index in [-0.39, 0.29) is 11.6 Å². The number of carbonyl (C=O) groups excluding carboxylic acids is 1. The first-order valence-corrected chi connectivity index (χ1v) is 13.4. The lowest BCUT2D eigenvalue weighted by Crippen LogP contribution is -2.70. The molecule has 2 rings (SSSR count). The van der Waals surface area contributed by atoms with Crippen molar-refractivity contribution in [1.82, 2.24) is 10.2 Å². The smallest absolute Gasteiger partial charge is 0.254 e. The number of hydrogen-bond acceptors (Lipinski definition) is 4. The molecule has 2 N–H and O–H groups in total. The van der Waals surface area contributed by atoms with Crippen molar-refractivity contribution in [3.05, 3.63) is 35.9 Å². The van der Waals surface area contributed by atoms with Gasteiger partial charge < -0.3 is 14.8 Å². The SMILES string of the molecule is CNC(=O)[C@@H]1[C@@H](O)[C@@H](O[Si](C)(C)C(C)(C)C)[C@H](C)[C@@H](C(F)F)N1Cc1ccccc1. The van der Waals surface area contributed by atoms with E-state index in [1.807, 2.05) is 43.4 Å². The Hall–Kier alpha value is -1.35. The van der Waals surface area contributed by atoms with Crippen molar-refractivity contribution < 1.29 is 23.1 Å². The fourth-order valence-corrected chi connectivity index (χ4v) is 5.28. The van der Waals surface area contributed by atoms with Gasteiger partial charge >= 0.3 is 0 Å². The molecule has 1 saturated heterocycles. The highest BCUT2D eigenvalue weighted by molar-refractivity contribution is 6.74. The van der Waals surface area contributed by atoms with Gasteiger partial charge in [0.15, 0.2) is 8.32 Å². The summed E-state index contributed by atoms with van der Waals surface area (Å²) in [6.07, 6.45) is -4.75. The number of amides is 1. The fourth-order valence-electron chi connectivity index (χ4n) is 3.89. The Morgan fingerprint density at radius 1 is 1.27 bits per heavy atom. The third-order valence-corrected chi connectivity index (χ3v) is 11.1. The lowest BCUT2D eigenvalue weighted by Gasteiger charge is -2.53. The Bertz CT molecular complexity index is 712. The minimum Gasteiger partial charge on any atom is -0.411 e. The third kappa shape index (κ3) is 5.10. The van der Waals surface area contributed by atoms with Gasteiger partial charge in [0.05, 0.1) is 12.1 Å². The quantitative estimate of drug-likeness (QED) is 0.661. The van der Waals surface area contributed by atoms with Crippen molar-refractivity contribution in [2.45, 2.75) is 83.1 Å². The van der Waals surface area contributed by atoms with Crippen LogP contribution < -0.4 is 5.32 Å². The van der Waals surface area contributed by atoms with Crippen LogP contribution in [0.1, 0.15) is 33.3 Å². The number of nitrogens with zero attached hydrogens (tertiary/aromatic N) is 1. The van der Waals surface area contributed by atoms with E-state index < -0.39 is 50.9 Å². The van der Waals surface area contributed by atoms with Crippen LogP contribution in [0.3, 0.4) is 0 Å². The number of alkyl halides is 2. The van der Waals surface area contributed by atoms with Crippen LogP contribution in [0, 0.1) is 5.92 Å². The number of likely N-dealkylation sites (tertiary alicyclic amines) is 1. The number of aliphatic hydroxyl groups excluding tert-OH is 1. The molecule has 1 aromatic rings. The van der Waals surface area contributed by atoms with E-state index in [1.165, 1.54) is 11.9 Å². The summed E-state index contributed by atoms with van der Waals surface area (Å²) in [5.41, 5.74) is 0.806. The Morgan fingerprint density at radius 2 is 1.83 bits per heavy atom. The lowest BCUT2D eigenvalue weighted by atomic mass is 9.81. The second-order valence-electron chi connectivity index (χ2n) is 9.73. The van der Waals surface area contributed by atoms with Gasteiger partial charge in [-0.15, -0.1) is 0 Å². The molecule has 0 saturated carbocycles. The minimum atomic E-state index is -2.69. The Morgan fingerprint density at radius 3 is 2.30 bits per heavy atom. The Kier molecular flexibility index (Phi) is 7.82. The molecule has 0 aliphatic carbocycles. The maximum Gasteiger partial charge on any atom is 0.254 e. The van der Waals surface area contributed by atoms with Crippen molar-refractivity contribution in [1.29, 1.82) is 0 Å². The zero-order chi connectivity index (χ0) is 22.9. The van der Waals surface area contributed by atoms with Crippen molar-refractivity contribution in [3.8, 4) is 0 Å². The summed E-state index contributed by atoms with van der Waals surface area (Å²) >= 11 is 0. The fraction of sp³-hybridized carbons (Fsp3) is 0.682. The summed E-state index contributed by atoms with van der Waals surface area (Å²) in [5.74, 6) is -1.14. The van der Waals surface area contributed by atoms with Crippen LogP contribution >= 0.6 is 0 Å². The van der Waals surface area contributed by atoms with Crippen LogP contribution in [0.2, 0.25) is 18.1 Å². The zero-order valence-electron chi connectivity index (χ0n) is 19.0. The van der Waals surface area contributed by atoms with Crippen LogP contribution in [-0.4, -0.2) is 62.0 Å². The average molecular weight is 443 g/mol. The molecule has 0 radical (unpaired) electrons. The number of aliphatic hydroxyl groups is 1. The van der Waals surface area contributed by atoms with Gasteiger partial charge in [-0.05, 0) is 23.7 Å². The molecule has 30 heavy (non-hydrogen) atoms. The van der Waals surface area contributed by atoms with Crippen LogP contribution in [0.25, 0.3) is 0 Å². The highest BCUT2D eigenvalue weighted by atomic mass is 28.4. The van der Waals surface area contributed by atoms with E-state index in [4.69, 9.17) is 4.43 Å². The summed E-state index contributed by atoms with van der Waals surface area (Å²) in [5, 5.41) is 13.6. The molecule has 5 atom stereocenters. The van der Waals surface area contributed by atoms with Crippen LogP contribution in [-0.2, 0) is 15.8 Å². The maximum atomic E-state index is 14.3. The topological polar surface area (TPSA) is 61.8 Å². The second kappa shape index (κ2) is 9.42. The van der Waals surface area contributed by atoms with Gasteiger partial charge in [-0.3, -0.25) is 9.69 Å². The Balaban J connectivity index is 2.48. The standard InChI is InChI=1S/C22H36F2N2O3Si/c1-14-16(20(23)24)26(13-15-11-9-8-10-12-15)17(21(28)25-5)18(27)19(14)29-30(6,7)22(2,3)4/h8-12,14,16-20,27H,13H2,1-7H3,(H,25,28)/t14-,16+,17+,18-,19+/m1/s1. The summed E-state index contributed by atoms with van der Waals surface area (Å²) in [7, 11) is -0.913. The number of nitrogens with one attached hydrogen (secondary N) is 1. The van der Waals surface area contributed by atoms with Gasteiger partial charge in [0, 0.05) is 19.5 Å². The first-order chi connectivity index (χ1) is 13.8. The summed E-state index contributed by atoms with van der Waals surface area (Å²) < 4.78 is 35.1. The van der Waals surface area contributed by atoms with E-state index in [9.17, 15) is 18.7 Å². The normalized spacial score (nSPS) is 28.6. The average Bonchev–Trinajstić information content (AvgIpc) is 2.64. The van der Waals surface area contributed by atoms with Crippen LogP contribution in [0.4, 0.5) is 8.78 Å². The summed E-state index contributed by atoms with van der Waals surface area (Å²) in [6, 6.07) is 6.83. The number of carbonyl (C=O) groups is 1. The first kappa shape index (κ1) is 24.9. The molecule has 1 fully saturated rings. The molecule has 170 valence electrons. The van der Waals surface area contributed by atoms with Crippen molar-refractivity contribution >= 4 is 14.2 Å². The maximum absolute atomic E-state index is 14.3. The molecule has 1 amide bonds. The number of hydrogen-bond donors (Lipinski definition) is 2. The molecule has 0 bridgehead atoms. The number of piperidine rings is 1. The van der Waals surface area contributed by atoms with E-state index in [1.54, 1.807) is 6.92 Å². The predicted octanol–water partition coefficient (Wildman–Crippen LogP) is 3.64. The van der Waals surface area contributed by atoms with Crippen molar-refractivity contribution in [3.63, 3.8) is 0 Å². The van der Waals surface area contributed by atoms with E-state index in [0.717, 1.165) is 5.56 Å². The van der Waals surface area contributed by atoms with Crippen LogP contribution in [0.5, 0.6) is 0 Å². The highest BCUT2D eigenvalue weighted by Gasteiger charge is 2.55. The molecule has 1 aliphatic heterocycles. The minimum absolute atomic E-state index is 0.141. The number of benzene rings is 1. The van der Waals surface area contributed by atoms with Gasteiger partial charge in [0.25, 0.3) is 6.43 Å². The van der Waals surface area contributed by atoms with Gasteiger partial charge in [-0.1, -0.05) is 58.0 Å². The first-order valence-electron chi connectivity index (χ1n) is 10.5. The summed E-state index contributed by atoms with van der Waals surface area (Å²) in [4.78, 5) is 14.2. The monoisotopic (exact) mass is 442 g/mol. The lowest BCUT2D eigenvalue weighted by molar-refractivity contribution is -0.170. The van der Waals surface area contributed by atoms with Gasteiger partial charge in [0.1, 0.15) is 12.1 Å². The molecular weight excluding hydrogens is 406 g/mol. The largest absolute Gasteiger partial charge is 0.411 e. The van der Waals surface area contributed by atoms with E-state index >= 15 is 0 Å². The molecule has 1 aromatic carbocycles. The molecule has 0 spiro atoms. The summed E-state index contributed by atoms with van der Waals surface area (Å²) in [6.45, 7) is 12.0. The van der Waals surface area contributed by atoms with Gasteiger partial charge in [-0.25, -0.2) is 8.78 Å². The molecule has 0 aromatic heterocycles. The van der Waals surface area contributed by atoms with Crippen molar-refractivity contribution in [2.24, 2.45) is 5.92 Å². The molecule has 1 heterocycles. The zero-order valence-corrected chi connectivity index (χ0v) is 20.0. The molecule has 8 heteroatoms. The molecule has 5 nitrogen and oxygen atoms in total. The van der Waals surface area contributed by atoms with E-state index in [0.29, 0.717) is 0 Å². The van der Waals surface area contributed by atoms with E-state index in [2.05, 4.69) is 26.1 Å². The number of rotatable bonds is 6. The predicted molar refractivity (Wildman–Crippen MR) is 117 cm³/mol. The van der Waals surface area contributed by atoms with Crippen LogP contribution in [0.15, 0.2) is 30.3 Å². The van der Waals surface area contributed by atoms with Gasteiger partial charge in [0.2, 0.25) is 5.91 Å². The number of likely N-dealkylation sites (N-methyl/N-ethyl adjacent to an activating group) is 1. The highest BCUT2D eigenvalue weighted by Crippen LogP contribution is 2.42. The molecule has 0 unspecified atom stereocenters. The third-order valence-electron chi connectivity index (χ3n) is 6.68. The Labute approximate surface area is 179 Å².